The van der Waals surface area contributed by atoms with Crippen LogP contribution in [0.3, 0.4) is 0 Å². The van der Waals surface area contributed by atoms with Crippen LogP contribution in [0, 0.1) is 13.8 Å². The van der Waals surface area contributed by atoms with Gasteiger partial charge >= 0.3 is 0 Å². The van der Waals surface area contributed by atoms with Gasteiger partial charge in [-0.15, -0.1) is 0 Å². The van der Waals surface area contributed by atoms with Gasteiger partial charge in [0.1, 0.15) is 17.1 Å². The molecule has 0 radical (unpaired) electrons. The van der Waals surface area contributed by atoms with Crippen molar-refractivity contribution >= 4 is 12.0 Å². The van der Waals surface area contributed by atoms with Gasteiger partial charge in [0, 0.05) is 20.7 Å². The largest absolute Gasteiger partial charge is 0.457 e. The summed E-state index contributed by atoms with van der Waals surface area (Å²) in [5, 5.41) is 0. The van der Waals surface area contributed by atoms with Crippen molar-refractivity contribution in [1.29, 1.82) is 0 Å². The number of hydrogen-bond donors (Lipinski definition) is 0. The third-order valence-electron chi connectivity index (χ3n) is 5.73. The molecular formula is C27H32N2O2. The van der Waals surface area contributed by atoms with E-state index >= 15 is 0 Å². The van der Waals surface area contributed by atoms with Gasteiger partial charge in [-0.3, -0.25) is 0 Å². The lowest BCUT2D eigenvalue weighted by Crippen LogP contribution is -2.25. The van der Waals surface area contributed by atoms with Crippen LogP contribution in [0.5, 0.6) is 11.5 Å². The van der Waals surface area contributed by atoms with E-state index in [1.54, 1.807) is 7.11 Å². The first-order chi connectivity index (χ1) is 14.9. The Morgan fingerprint density at radius 1 is 0.935 bits per heavy atom. The number of aliphatic imine (C=N–C) groups is 1. The van der Waals surface area contributed by atoms with Gasteiger partial charge in [-0.1, -0.05) is 42.5 Å². The predicted molar refractivity (Wildman–Crippen MR) is 129 cm³/mol. The minimum absolute atomic E-state index is 0.560. The van der Waals surface area contributed by atoms with Crippen LogP contribution in [0.25, 0.3) is 0 Å². The lowest BCUT2D eigenvalue weighted by molar-refractivity contribution is 0.0389. The Balaban J connectivity index is 1.89. The second kappa shape index (κ2) is 9.80. The van der Waals surface area contributed by atoms with Gasteiger partial charge in [-0.25, -0.2) is 4.99 Å². The summed E-state index contributed by atoms with van der Waals surface area (Å²) in [6.45, 7) is 9.20. The highest BCUT2D eigenvalue weighted by Crippen LogP contribution is 2.36. The molecule has 162 valence electrons. The number of rotatable bonds is 8. The Labute approximate surface area is 186 Å². The summed E-state index contributed by atoms with van der Waals surface area (Å²) < 4.78 is 12.2. The van der Waals surface area contributed by atoms with E-state index in [-0.39, 0.29) is 0 Å². The van der Waals surface area contributed by atoms with E-state index in [4.69, 9.17) is 9.47 Å². The SMILES string of the molecule is CCN(C)C=Nc1cc(C)c(Oc2cccc(C(C)(OC)c3ccccc3)c2)cc1C. The van der Waals surface area contributed by atoms with Crippen LogP contribution in [-0.2, 0) is 10.3 Å². The number of aryl methyl sites for hydroxylation is 2. The van der Waals surface area contributed by atoms with Crippen LogP contribution >= 0.6 is 0 Å². The molecule has 31 heavy (non-hydrogen) atoms. The minimum atomic E-state index is -0.560. The number of nitrogens with zero attached hydrogens (tertiary/aromatic N) is 2. The fraction of sp³-hybridized carbons (Fsp3) is 0.296. The average molecular weight is 417 g/mol. The van der Waals surface area contributed by atoms with Gasteiger partial charge in [0.05, 0.1) is 12.0 Å². The number of hydrogen-bond acceptors (Lipinski definition) is 3. The standard InChI is InChI=1S/C27H32N2O2/c1-7-29(5)19-28-25-16-21(3)26(17-20(25)2)31-24-15-11-14-23(18-24)27(4,30-6)22-12-9-8-10-13-22/h8-19H,7H2,1-6H3. The van der Waals surface area contributed by atoms with E-state index in [9.17, 15) is 0 Å². The minimum Gasteiger partial charge on any atom is -0.457 e. The molecule has 4 nitrogen and oxygen atoms in total. The molecule has 0 aliphatic carbocycles. The second-order valence-corrected chi connectivity index (χ2v) is 7.96. The second-order valence-electron chi connectivity index (χ2n) is 7.96. The third kappa shape index (κ3) is 5.15. The number of methoxy groups -OCH3 is 1. The maximum Gasteiger partial charge on any atom is 0.130 e. The van der Waals surface area contributed by atoms with Crippen molar-refractivity contribution < 1.29 is 9.47 Å². The summed E-state index contributed by atoms with van der Waals surface area (Å²) in [4.78, 5) is 6.65. The maximum absolute atomic E-state index is 6.29. The van der Waals surface area contributed by atoms with Crippen molar-refractivity contribution in [2.24, 2.45) is 4.99 Å². The first-order valence-corrected chi connectivity index (χ1v) is 10.6. The molecule has 1 atom stereocenters. The Kier molecular flexibility index (Phi) is 7.13. The third-order valence-corrected chi connectivity index (χ3v) is 5.73. The van der Waals surface area contributed by atoms with Gasteiger partial charge in [0.25, 0.3) is 0 Å². The van der Waals surface area contributed by atoms with Crippen LogP contribution in [0.1, 0.15) is 36.1 Å². The molecule has 0 aliphatic heterocycles. The molecule has 0 amide bonds. The summed E-state index contributed by atoms with van der Waals surface area (Å²) >= 11 is 0. The fourth-order valence-corrected chi connectivity index (χ4v) is 3.41. The molecule has 0 aromatic heterocycles. The summed E-state index contributed by atoms with van der Waals surface area (Å²) in [6.07, 6.45) is 1.86. The molecule has 0 fully saturated rings. The zero-order valence-corrected chi connectivity index (χ0v) is 19.3. The molecule has 0 heterocycles. The van der Waals surface area contributed by atoms with Crippen molar-refractivity contribution in [3.05, 3.63) is 89.0 Å². The zero-order chi connectivity index (χ0) is 22.4. The molecule has 0 spiro atoms. The fourth-order valence-electron chi connectivity index (χ4n) is 3.41. The lowest BCUT2D eigenvalue weighted by atomic mass is 9.88. The van der Waals surface area contributed by atoms with Crippen molar-refractivity contribution in [2.75, 3.05) is 20.7 Å². The first-order valence-electron chi connectivity index (χ1n) is 10.6. The molecule has 4 heteroatoms. The highest BCUT2D eigenvalue weighted by Gasteiger charge is 2.28. The molecule has 0 aliphatic rings. The highest BCUT2D eigenvalue weighted by atomic mass is 16.5. The van der Waals surface area contributed by atoms with Crippen molar-refractivity contribution in [1.82, 2.24) is 4.90 Å². The monoisotopic (exact) mass is 416 g/mol. The Morgan fingerprint density at radius 2 is 1.65 bits per heavy atom. The molecule has 0 saturated heterocycles. The molecule has 0 saturated carbocycles. The van der Waals surface area contributed by atoms with Crippen molar-refractivity contribution in [3.8, 4) is 11.5 Å². The molecule has 3 aromatic carbocycles. The van der Waals surface area contributed by atoms with Gasteiger partial charge in [-0.05, 0) is 74.2 Å². The van der Waals surface area contributed by atoms with E-state index in [0.29, 0.717) is 0 Å². The Morgan fingerprint density at radius 3 is 2.32 bits per heavy atom. The maximum atomic E-state index is 6.29. The van der Waals surface area contributed by atoms with E-state index in [1.807, 2.05) is 67.7 Å². The van der Waals surface area contributed by atoms with Crippen LogP contribution in [0.15, 0.2) is 71.7 Å². The Hall–Kier alpha value is -3.11. The normalized spacial score (nSPS) is 13.2. The number of benzene rings is 3. The topological polar surface area (TPSA) is 34.1 Å². The van der Waals surface area contributed by atoms with Gasteiger partial charge in [0.15, 0.2) is 0 Å². The van der Waals surface area contributed by atoms with Crippen molar-refractivity contribution in [2.45, 2.75) is 33.3 Å². The van der Waals surface area contributed by atoms with Crippen molar-refractivity contribution in [3.63, 3.8) is 0 Å². The predicted octanol–water partition coefficient (Wildman–Crippen LogP) is 6.62. The van der Waals surface area contributed by atoms with Gasteiger partial charge in [-0.2, -0.15) is 0 Å². The quantitative estimate of drug-likeness (QED) is 0.306. The molecular weight excluding hydrogens is 384 g/mol. The van der Waals surface area contributed by atoms with Crippen LogP contribution in [0.2, 0.25) is 0 Å². The molecule has 0 N–H and O–H groups in total. The average Bonchev–Trinajstić information content (AvgIpc) is 2.80. The first kappa shape index (κ1) is 22.6. The van der Waals surface area contributed by atoms with Crippen LogP contribution in [0.4, 0.5) is 5.69 Å². The molecule has 3 rings (SSSR count). The van der Waals surface area contributed by atoms with E-state index in [0.717, 1.165) is 46.0 Å². The zero-order valence-electron chi connectivity index (χ0n) is 19.3. The highest BCUT2D eigenvalue weighted by molar-refractivity contribution is 5.64. The van der Waals surface area contributed by atoms with Gasteiger partial charge < -0.3 is 14.4 Å². The Bertz CT molecular complexity index is 1050. The molecule has 3 aromatic rings. The summed E-state index contributed by atoms with van der Waals surface area (Å²) in [6, 6.07) is 22.5. The lowest BCUT2D eigenvalue weighted by Gasteiger charge is -2.29. The van der Waals surface area contributed by atoms with Crippen LogP contribution in [-0.4, -0.2) is 31.9 Å². The summed E-state index contributed by atoms with van der Waals surface area (Å²) in [7, 11) is 3.75. The molecule has 1 unspecified atom stereocenters. The smallest absolute Gasteiger partial charge is 0.130 e. The van der Waals surface area contributed by atoms with E-state index in [2.05, 4.69) is 50.0 Å². The molecule has 0 bridgehead atoms. The summed E-state index contributed by atoms with van der Waals surface area (Å²) in [5.41, 5.74) is 4.64. The number of ether oxygens (including phenoxy) is 2. The van der Waals surface area contributed by atoms with E-state index < -0.39 is 5.60 Å². The van der Waals surface area contributed by atoms with Crippen LogP contribution < -0.4 is 4.74 Å². The van der Waals surface area contributed by atoms with Gasteiger partial charge in [0.2, 0.25) is 0 Å². The van der Waals surface area contributed by atoms with E-state index in [1.165, 1.54) is 0 Å². The summed E-state index contributed by atoms with van der Waals surface area (Å²) in [5.74, 6) is 1.61.